The van der Waals surface area contributed by atoms with Crippen molar-refractivity contribution >= 4 is 0 Å². The Morgan fingerprint density at radius 1 is 1.11 bits per heavy atom. The summed E-state index contributed by atoms with van der Waals surface area (Å²) >= 11 is 0. The normalized spacial score (nSPS) is 14.9. The van der Waals surface area contributed by atoms with Crippen LogP contribution in [-0.4, -0.2) is 36.1 Å². The first-order valence-electron chi connectivity index (χ1n) is 7.19. The SMILES string of the molecule is CC.CC.Cc1ccc(CN2CCNCC2)nc1. The van der Waals surface area contributed by atoms with E-state index in [1.165, 1.54) is 11.3 Å². The second-order valence-electron chi connectivity index (χ2n) is 3.85. The molecular formula is C15H29N3. The van der Waals surface area contributed by atoms with Gasteiger partial charge in [0.25, 0.3) is 0 Å². The lowest BCUT2D eigenvalue weighted by molar-refractivity contribution is 0.230. The first-order valence-corrected chi connectivity index (χ1v) is 7.19. The molecule has 0 radical (unpaired) electrons. The lowest BCUT2D eigenvalue weighted by atomic mass is 10.2. The fourth-order valence-corrected chi connectivity index (χ4v) is 1.69. The molecule has 1 aliphatic rings. The zero-order valence-corrected chi connectivity index (χ0v) is 12.7. The Morgan fingerprint density at radius 2 is 1.72 bits per heavy atom. The first-order chi connectivity index (χ1) is 8.84. The maximum Gasteiger partial charge on any atom is 0.0544 e. The maximum atomic E-state index is 4.41. The molecule has 104 valence electrons. The topological polar surface area (TPSA) is 28.2 Å². The number of nitrogens with zero attached hydrogens (tertiary/aromatic N) is 2. The third-order valence-corrected chi connectivity index (χ3v) is 2.57. The predicted octanol–water partition coefficient (Wildman–Crippen LogP) is 2.85. The van der Waals surface area contributed by atoms with Gasteiger partial charge in [-0.25, -0.2) is 0 Å². The van der Waals surface area contributed by atoms with Crippen LogP contribution in [0.3, 0.4) is 0 Å². The van der Waals surface area contributed by atoms with Gasteiger partial charge in [-0.05, 0) is 18.6 Å². The lowest BCUT2D eigenvalue weighted by Gasteiger charge is -2.26. The highest BCUT2D eigenvalue weighted by molar-refractivity contribution is 5.12. The summed E-state index contributed by atoms with van der Waals surface area (Å²) in [5, 5.41) is 3.35. The molecule has 0 spiro atoms. The number of pyridine rings is 1. The Bertz CT molecular complexity index is 276. The molecule has 0 saturated carbocycles. The van der Waals surface area contributed by atoms with Gasteiger partial charge in [0.05, 0.1) is 5.69 Å². The van der Waals surface area contributed by atoms with Crippen LogP contribution < -0.4 is 5.32 Å². The second-order valence-corrected chi connectivity index (χ2v) is 3.85. The van der Waals surface area contributed by atoms with Gasteiger partial charge in [-0.1, -0.05) is 33.8 Å². The molecule has 1 aromatic rings. The summed E-state index contributed by atoms with van der Waals surface area (Å²) < 4.78 is 0. The van der Waals surface area contributed by atoms with E-state index in [0.29, 0.717) is 0 Å². The minimum Gasteiger partial charge on any atom is -0.314 e. The molecule has 2 rings (SSSR count). The number of nitrogens with one attached hydrogen (secondary N) is 1. The molecule has 1 N–H and O–H groups in total. The molecule has 0 aliphatic carbocycles. The van der Waals surface area contributed by atoms with E-state index < -0.39 is 0 Å². The van der Waals surface area contributed by atoms with Gasteiger partial charge in [-0.15, -0.1) is 0 Å². The molecular weight excluding hydrogens is 222 g/mol. The Labute approximate surface area is 113 Å². The van der Waals surface area contributed by atoms with Crippen LogP contribution in [0.25, 0.3) is 0 Å². The van der Waals surface area contributed by atoms with Crippen LogP contribution in [-0.2, 0) is 6.54 Å². The van der Waals surface area contributed by atoms with Crippen molar-refractivity contribution < 1.29 is 0 Å². The molecule has 1 fully saturated rings. The van der Waals surface area contributed by atoms with Crippen molar-refractivity contribution in [1.82, 2.24) is 15.2 Å². The molecule has 3 heteroatoms. The third kappa shape index (κ3) is 6.72. The fraction of sp³-hybridized carbons (Fsp3) is 0.667. The maximum absolute atomic E-state index is 4.41. The van der Waals surface area contributed by atoms with Crippen molar-refractivity contribution in [2.75, 3.05) is 26.2 Å². The summed E-state index contributed by atoms with van der Waals surface area (Å²) in [4.78, 5) is 6.85. The predicted molar refractivity (Wildman–Crippen MR) is 79.8 cm³/mol. The summed E-state index contributed by atoms with van der Waals surface area (Å²) in [6, 6.07) is 4.25. The molecule has 0 amide bonds. The molecule has 1 aromatic heterocycles. The highest BCUT2D eigenvalue weighted by atomic mass is 15.2. The lowest BCUT2D eigenvalue weighted by Crippen LogP contribution is -2.43. The Balaban J connectivity index is 0.000000659. The zero-order valence-electron chi connectivity index (χ0n) is 12.7. The fourth-order valence-electron chi connectivity index (χ4n) is 1.69. The number of hydrogen-bond acceptors (Lipinski definition) is 3. The molecule has 1 saturated heterocycles. The average Bonchev–Trinajstić information content (AvgIpc) is 2.47. The van der Waals surface area contributed by atoms with E-state index in [4.69, 9.17) is 0 Å². The van der Waals surface area contributed by atoms with Crippen molar-refractivity contribution in [3.8, 4) is 0 Å². The number of rotatable bonds is 2. The van der Waals surface area contributed by atoms with Crippen LogP contribution in [0.4, 0.5) is 0 Å². The Morgan fingerprint density at radius 3 is 2.22 bits per heavy atom. The number of aryl methyl sites for hydroxylation is 1. The molecule has 0 atom stereocenters. The van der Waals surface area contributed by atoms with Gasteiger partial charge in [-0.3, -0.25) is 9.88 Å². The largest absolute Gasteiger partial charge is 0.314 e. The third-order valence-electron chi connectivity index (χ3n) is 2.57. The van der Waals surface area contributed by atoms with Crippen LogP contribution in [0.1, 0.15) is 39.0 Å². The smallest absolute Gasteiger partial charge is 0.0544 e. The minimum absolute atomic E-state index is 0.988. The molecule has 0 aromatic carbocycles. The number of hydrogen-bond donors (Lipinski definition) is 1. The van der Waals surface area contributed by atoms with Crippen molar-refractivity contribution in [3.05, 3.63) is 29.6 Å². The van der Waals surface area contributed by atoms with Gasteiger partial charge < -0.3 is 5.32 Å². The number of aromatic nitrogens is 1. The number of piperazine rings is 1. The quantitative estimate of drug-likeness (QED) is 0.876. The average molecular weight is 251 g/mol. The van der Waals surface area contributed by atoms with Crippen molar-refractivity contribution in [2.24, 2.45) is 0 Å². The van der Waals surface area contributed by atoms with E-state index in [1.807, 2.05) is 33.9 Å². The van der Waals surface area contributed by atoms with E-state index in [0.717, 1.165) is 32.7 Å². The minimum atomic E-state index is 0.988. The van der Waals surface area contributed by atoms with Gasteiger partial charge >= 0.3 is 0 Å². The van der Waals surface area contributed by atoms with E-state index in [1.54, 1.807) is 0 Å². The van der Waals surface area contributed by atoms with Gasteiger partial charge in [0, 0.05) is 38.9 Å². The van der Waals surface area contributed by atoms with E-state index in [-0.39, 0.29) is 0 Å². The van der Waals surface area contributed by atoms with Gasteiger partial charge in [0.15, 0.2) is 0 Å². The summed E-state index contributed by atoms with van der Waals surface area (Å²) in [5.74, 6) is 0. The van der Waals surface area contributed by atoms with Crippen molar-refractivity contribution in [3.63, 3.8) is 0 Å². The summed E-state index contributed by atoms with van der Waals surface area (Å²) in [7, 11) is 0. The molecule has 3 nitrogen and oxygen atoms in total. The summed E-state index contributed by atoms with van der Waals surface area (Å²) in [6.45, 7) is 15.5. The van der Waals surface area contributed by atoms with E-state index in [9.17, 15) is 0 Å². The molecule has 0 unspecified atom stereocenters. The zero-order chi connectivity index (χ0) is 13.8. The van der Waals surface area contributed by atoms with Crippen LogP contribution in [0, 0.1) is 6.92 Å². The van der Waals surface area contributed by atoms with Crippen LogP contribution in [0.2, 0.25) is 0 Å². The molecule has 2 heterocycles. The summed E-state index contributed by atoms with van der Waals surface area (Å²) in [5.41, 5.74) is 2.41. The van der Waals surface area contributed by atoms with Crippen molar-refractivity contribution in [2.45, 2.75) is 41.2 Å². The van der Waals surface area contributed by atoms with Crippen molar-refractivity contribution in [1.29, 1.82) is 0 Å². The standard InChI is InChI=1S/C11H17N3.2C2H6/c1-10-2-3-11(13-8-10)9-14-6-4-12-5-7-14;2*1-2/h2-3,8,12H,4-7,9H2,1H3;2*1-2H3. The molecule has 18 heavy (non-hydrogen) atoms. The molecule has 1 aliphatic heterocycles. The summed E-state index contributed by atoms with van der Waals surface area (Å²) in [6.07, 6.45) is 1.94. The van der Waals surface area contributed by atoms with Crippen LogP contribution in [0.5, 0.6) is 0 Å². The van der Waals surface area contributed by atoms with Gasteiger partial charge in [0.1, 0.15) is 0 Å². The Hall–Kier alpha value is -0.930. The monoisotopic (exact) mass is 251 g/mol. The highest BCUT2D eigenvalue weighted by Gasteiger charge is 2.09. The Kier molecular flexibility index (Phi) is 10.6. The second kappa shape index (κ2) is 11.2. The van der Waals surface area contributed by atoms with E-state index in [2.05, 4.69) is 34.3 Å². The first kappa shape index (κ1) is 17.1. The van der Waals surface area contributed by atoms with E-state index >= 15 is 0 Å². The molecule has 0 bridgehead atoms. The van der Waals surface area contributed by atoms with Crippen LogP contribution in [0.15, 0.2) is 18.3 Å². The van der Waals surface area contributed by atoms with Gasteiger partial charge in [-0.2, -0.15) is 0 Å². The van der Waals surface area contributed by atoms with Gasteiger partial charge in [0.2, 0.25) is 0 Å². The highest BCUT2D eigenvalue weighted by Crippen LogP contribution is 2.03. The van der Waals surface area contributed by atoms with Crippen LogP contribution >= 0.6 is 0 Å².